The lowest BCUT2D eigenvalue weighted by molar-refractivity contribution is 0.733. The van der Waals surface area contributed by atoms with Crippen molar-refractivity contribution in [1.82, 2.24) is 5.32 Å². The summed E-state index contributed by atoms with van der Waals surface area (Å²) in [6.07, 6.45) is 15.0. The highest BCUT2D eigenvalue weighted by Gasteiger charge is 2.26. The van der Waals surface area contributed by atoms with E-state index in [4.69, 9.17) is 0 Å². The smallest absolute Gasteiger partial charge is 0.0418 e. The second kappa shape index (κ2) is 4.35. The summed E-state index contributed by atoms with van der Waals surface area (Å²) in [6, 6.07) is 0. The molecule has 1 atom stereocenters. The van der Waals surface area contributed by atoms with Crippen LogP contribution in [0, 0.1) is 5.92 Å². The molecule has 1 nitrogen and oxygen atoms in total. The van der Waals surface area contributed by atoms with Crippen LogP contribution in [0.4, 0.5) is 0 Å². The molecule has 0 spiro atoms. The zero-order valence-electron chi connectivity index (χ0n) is 9.16. The van der Waals surface area contributed by atoms with Gasteiger partial charge in [0.05, 0.1) is 0 Å². The Balaban J connectivity index is 2.29. The predicted octanol–water partition coefficient (Wildman–Crippen LogP) is 3.46. The van der Waals surface area contributed by atoms with E-state index >= 15 is 0 Å². The molecule has 0 aromatic carbocycles. The molecule has 1 N–H and O–H groups in total. The molecule has 0 saturated carbocycles. The molecule has 78 valence electrons. The zero-order valence-corrected chi connectivity index (χ0v) is 9.16. The predicted molar refractivity (Wildman–Crippen MR) is 65.1 cm³/mol. The third-order valence-electron chi connectivity index (χ3n) is 2.86. The number of nitrogens with one attached hydrogen (secondary N) is 1. The van der Waals surface area contributed by atoms with E-state index < -0.39 is 0 Å². The van der Waals surface area contributed by atoms with E-state index in [-0.39, 0.29) is 0 Å². The summed E-state index contributed by atoms with van der Waals surface area (Å²) >= 11 is 0. The minimum atomic E-state index is 0.504. The van der Waals surface area contributed by atoms with Crippen molar-refractivity contribution in [3.63, 3.8) is 0 Å². The molecule has 15 heavy (non-hydrogen) atoms. The second-order valence-corrected chi connectivity index (χ2v) is 3.85. The van der Waals surface area contributed by atoms with Crippen LogP contribution in [0.3, 0.4) is 0 Å². The van der Waals surface area contributed by atoms with Crippen molar-refractivity contribution >= 4 is 0 Å². The molecular weight excluding hydrogens is 182 g/mol. The van der Waals surface area contributed by atoms with Gasteiger partial charge in [-0.1, -0.05) is 37.8 Å². The maximum Gasteiger partial charge on any atom is 0.0418 e. The first kappa shape index (κ1) is 10.0. The fraction of sp³-hybridized carbons (Fsp3) is 0.286. The summed E-state index contributed by atoms with van der Waals surface area (Å²) in [6.45, 7) is 6.06. The Labute approximate surface area is 91.6 Å². The van der Waals surface area contributed by atoms with E-state index in [1.54, 1.807) is 0 Å². The van der Waals surface area contributed by atoms with Gasteiger partial charge >= 0.3 is 0 Å². The normalized spacial score (nSPS) is 24.1. The first-order valence-electron chi connectivity index (χ1n) is 5.53. The summed E-state index contributed by atoms with van der Waals surface area (Å²) in [5, 5.41) is 3.46. The molecule has 1 heterocycles. The van der Waals surface area contributed by atoms with Crippen molar-refractivity contribution in [2.45, 2.75) is 19.8 Å². The third kappa shape index (κ3) is 1.82. The van der Waals surface area contributed by atoms with Gasteiger partial charge in [0, 0.05) is 17.3 Å². The Kier molecular flexibility index (Phi) is 2.91. The Morgan fingerprint density at radius 3 is 3.20 bits per heavy atom. The number of fused-ring (bicyclic) bond motifs is 1. The van der Waals surface area contributed by atoms with Crippen molar-refractivity contribution in [3.05, 3.63) is 60.0 Å². The van der Waals surface area contributed by atoms with Crippen molar-refractivity contribution in [3.8, 4) is 0 Å². The fourth-order valence-electron chi connectivity index (χ4n) is 2.09. The van der Waals surface area contributed by atoms with E-state index in [0.717, 1.165) is 12.8 Å². The second-order valence-electron chi connectivity index (χ2n) is 3.85. The van der Waals surface area contributed by atoms with Gasteiger partial charge < -0.3 is 5.32 Å². The maximum absolute atomic E-state index is 3.91. The van der Waals surface area contributed by atoms with Crippen LogP contribution in [-0.2, 0) is 0 Å². The lowest BCUT2D eigenvalue weighted by Gasteiger charge is -2.13. The molecule has 0 saturated heterocycles. The summed E-state index contributed by atoms with van der Waals surface area (Å²) in [7, 11) is 0. The van der Waals surface area contributed by atoms with Gasteiger partial charge in [0.25, 0.3) is 0 Å². The SMILES string of the molecule is C=CC1=C(/C=C\CC)NC2=CC=CCC21. The van der Waals surface area contributed by atoms with E-state index in [1.165, 1.54) is 17.0 Å². The van der Waals surface area contributed by atoms with Crippen LogP contribution in [0.5, 0.6) is 0 Å². The van der Waals surface area contributed by atoms with Crippen LogP contribution in [0.15, 0.2) is 60.0 Å². The fourth-order valence-corrected chi connectivity index (χ4v) is 2.09. The van der Waals surface area contributed by atoms with Crippen LogP contribution in [0.2, 0.25) is 0 Å². The molecule has 0 aromatic heterocycles. The van der Waals surface area contributed by atoms with Crippen LogP contribution in [0.1, 0.15) is 19.8 Å². The van der Waals surface area contributed by atoms with Crippen molar-refractivity contribution < 1.29 is 0 Å². The summed E-state index contributed by atoms with van der Waals surface area (Å²) in [4.78, 5) is 0. The number of hydrogen-bond donors (Lipinski definition) is 1. The largest absolute Gasteiger partial charge is 0.358 e. The maximum atomic E-state index is 3.91. The van der Waals surface area contributed by atoms with Crippen LogP contribution in [-0.4, -0.2) is 0 Å². The first-order chi connectivity index (χ1) is 7.36. The third-order valence-corrected chi connectivity index (χ3v) is 2.86. The molecule has 2 aliphatic rings. The van der Waals surface area contributed by atoms with E-state index in [0.29, 0.717) is 5.92 Å². The van der Waals surface area contributed by atoms with Gasteiger partial charge in [-0.15, -0.1) is 0 Å². The Morgan fingerprint density at radius 2 is 2.47 bits per heavy atom. The molecular formula is C14H17N. The molecule has 1 unspecified atom stereocenters. The highest BCUT2D eigenvalue weighted by molar-refractivity contribution is 5.47. The Morgan fingerprint density at radius 1 is 1.60 bits per heavy atom. The molecule has 0 amide bonds. The van der Waals surface area contributed by atoms with Gasteiger partial charge in [-0.2, -0.15) is 0 Å². The monoisotopic (exact) mass is 199 g/mol. The molecule has 1 aliphatic heterocycles. The van der Waals surface area contributed by atoms with E-state index in [2.05, 4.69) is 49.2 Å². The highest BCUT2D eigenvalue weighted by Crippen LogP contribution is 2.34. The Hall–Kier alpha value is -1.50. The van der Waals surface area contributed by atoms with E-state index in [9.17, 15) is 0 Å². The minimum absolute atomic E-state index is 0.504. The van der Waals surface area contributed by atoms with Crippen LogP contribution < -0.4 is 5.32 Å². The summed E-state index contributed by atoms with van der Waals surface area (Å²) in [5.41, 5.74) is 3.85. The average Bonchev–Trinajstić information content (AvgIpc) is 2.63. The van der Waals surface area contributed by atoms with Gasteiger partial charge in [-0.25, -0.2) is 0 Å². The number of hydrogen-bond acceptors (Lipinski definition) is 1. The van der Waals surface area contributed by atoms with Crippen molar-refractivity contribution in [1.29, 1.82) is 0 Å². The van der Waals surface area contributed by atoms with Gasteiger partial charge in [0.15, 0.2) is 0 Å². The molecule has 1 heteroatoms. The van der Waals surface area contributed by atoms with Gasteiger partial charge in [0.1, 0.15) is 0 Å². The quantitative estimate of drug-likeness (QED) is 0.734. The zero-order chi connectivity index (χ0) is 10.7. The van der Waals surface area contributed by atoms with Crippen molar-refractivity contribution in [2.24, 2.45) is 5.92 Å². The lowest BCUT2D eigenvalue weighted by Crippen LogP contribution is -2.10. The average molecular weight is 199 g/mol. The standard InChI is InChI=1S/C14H17N/c1-3-5-9-13-11(4-2)12-8-6-7-10-14(12)15-13/h4-7,9-10,12,15H,2-3,8H2,1H3/b9-5-. The molecule has 0 radical (unpaired) electrons. The first-order valence-corrected chi connectivity index (χ1v) is 5.53. The topological polar surface area (TPSA) is 12.0 Å². The summed E-state index contributed by atoms with van der Waals surface area (Å²) < 4.78 is 0. The molecule has 0 aromatic rings. The van der Waals surface area contributed by atoms with Gasteiger partial charge in [-0.05, 0) is 30.6 Å². The highest BCUT2D eigenvalue weighted by atomic mass is 14.9. The van der Waals surface area contributed by atoms with Gasteiger partial charge in [-0.3, -0.25) is 0 Å². The van der Waals surface area contributed by atoms with Gasteiger partial charge in [0.2, 0.25) is 0 Å². The van der Waals surface area contributed by atoms with E-state index in [1.807, 2.05) is 6.08 Å². The lowest BCUT2D eigenvalue weighted by atomic mass is 9.91. The number of allylic oxidation sites excluding steroid dienone is 7. The molecule has 2 rings (SSSR count). The van der Waals surface area contributed by atoms with Crippen LogP contribution >= 0.6 is 0 Å². The summed E-state index contributed by atoms with van der Waals surface area (Å²) in [5.74, 6) is 0.504. The molecule has 0 fully saturated rings. The molecule has 1 aliphatic carbocycles. The number of rotatable bonds is 3. The Bertz CT molecular complexity index is 380. The van der Waals surface area contributed by atoms with Crippen LogP contribution in [0.25, 0.3) is 0 Å². The minimum Gasteiger partial charge on any atom is -0.358 e. The molecule has 0 bridgehead atoms. The van der Waals surface area contributed by atoms with Crippen molar-refractivity contribution in [2.75, 3.05) is 0 Å².